The van der Waals surface area contributed by atoms with Gasteiger partial charge in [0.15, 0.2) is 11.6 Å². The largest absolute Gasteiger partial charge is 0.293 e. The molecule has 0 unspecified atom stereocenters. The summed E-state index contributed by atoms with van der Waals surface area (Å²) in [5.74, 6) is -0.00513. The van der Waals surface area contributed by atoms with Crippen molar-refractivity contribution in [3.8, 4) is 11.4 Å². The number of sulfone groups is 1. The van der Waals surface area contributed by atoms with Crippen molar-refractivity contribution in [3.63, 3.8) is 0 Å². The minimum Gasteiger partial charge on any atom is -0.293 e. The average molecular weight is 532 g/mol. The van der Waals surface area contributed by atoms with Crippen LogP contribution in [-0.4, -0.2) is 35.1 Å². The molecule has 0 spiro atoms. The minimum absolute atomic E-state index is 0.104. The topological polar surface area (TPSA) is 92.8 Å². The Morgan fingerprint density at radius 2 is 1.53 bits per heavy atom. The molecule has 4 aromatic rings. The predicted octanol–water partition coefficient (Wildman–Crippen LogP) is 5.18. The van der Waals surface area contributed by atoms with E-state index in [1.54, 1.807) is 36.4 Å². The highest BCUT2D eigenvalue weighted by Crippen LogP contribution is 2.26. The highest BCUT2D eigenvalue weighted by molar-refractivity contribution is 9.10. The van der Waals surface area contributed by atoms with Gasteiger partial charge in [-0.3, -0.25) is 9.89 Å². The summed E-state index contributed by atoms with van der Waals surface area (Å²) in [6.45, 7) is 0. The van der Waals surface area contributed by atoms with Crippen LogP contribution in [0.2, 0.25) is 0 Å². The maximum absolute atomic E-state index is 13.0. The number of aromatic nitrogens is 3. The van der Waals surface area contributed by atoms with Gasteiger partial charge in [-0.2, -0.15) is 0 Å². The summed E-state index contributed by atoms with van der Waals surface area (Å²) in [6, 6.07) is 18.1. The molecule has 6 nitrogen and oxygen atoms in total. The van der Waals surface area contributed by atoms with Gasteiger partial charge < -0.3 is 0 Å². The highest BCUT2D eigenvalue weighted by Gasteiger charge is 2.18. The molecule has 0 saturated carbocycles. The Morgan fingerprint density at radius 1 is 0.938 bits per heavy atom. The fraction of sp³-hybridized carbons (Fsp3) is 0.0455. The summed E-state index contributed by atoms with van der Waals surface area (Å²) in [7, 11) is -3.63. The van der Waals surface area contributed by atoms with E-state index in [1.165, 1.54) is 36.4 Å². The van der Waals surface area contributed by atoms with Crippen molar-refractivity contribution < 1.29 is 17.6 Å². The van der Waals surface area contributed by atoms with Crippen LogP contribution in [0.5, 0.6) is 0 Å². The number of carbonyl (C=O) groups excluding carboxylic acids is 1. The van der Waals surface area contributed by atoms with E-state index < -0.39 is 15.7 Å². The molecule has 0 aliphatic rings. The van der Waals surface area contributed by atoms with Crippen molar-refractivity contribution in [2.45, 2.75) is 14.9 Å². The quantitative estimate of drug-likeness (QED) is 0.261. The number of benzene rings is 3. The molecule has 0 amide bonds. The molecule has 0 radical (unpaired) electrons. The third-order valence-electron chi connectivity index (χ3n) is 4.53. The maximum Gasteiger partial charge on any atom is 0.209 e. The molecule has 32 heavy (non-hydrogen) atoms. The van der Waals surface area contributed by atoms with Gasteiger partial charge in [-0.25, -0.2) is 17.8 Å². The fourth-order valence-corrected chi connectivity index (χ4v) is 5.05. The number of hydrogen-bond acceptors (Lipinski definition) is 6. The maximum atomic E-state index is 13.0. The highest BCUT2D eigenvalue weighted by atomic mass is 79.9. The molecule has 4 rings (SSSR count). The number of nitrogens with one attached hydrogen (secondary N) is 1. The first kappa shape index (κ1) is 22.4. The smallest absolute Gasteiger partial charge is 0.209 e. The van der Waals surface area contributed by atoms with Crippen LogP contribution in [0.4, 0.5) is 4.39 Å². The molecule has 1 aromatic heterocycles. The van der Waals surface area contributed by atoms with Crippen LogP contribution in [-0.2, 0) is 9.84 Å². The SMILES string of the molecule is O=C(CSc1n[nH]c(-c2ccc(S(=O)(=O)c3ccc(Br)cc3)cc2)n1)c1ccc(F)cc1. The van der Waals surface area contributed by atoms with Gasteiger partial charge in [0.25, 0.3) is 0 Å². The van der Waals surface area contributed by atoms with E-state index >= 15 is 0 Å². The number of Topliss-reactive ketones (excluding diaryl/α,β-unsaturated/α-hetero) is 1. The number of ketones is 1. The first-order chi connectivity index (χ1) is 15.3. The summed E-state index contributed by atoms with van der Waals surface area (Å²) in [4.78, 5) is 16.9. The van der Waals surface area contributed by atoms with E-state index in [-0.39, 0.29) is 21.3 Å². The summed E-state index contributed by atoms with van der Waals surface area (Å²) >= 11 is 4.45. The lowest BCUT2D eigenvalue weighted by Crippen LogP contribution is -2.02. The lowest BCUT2D eigenvalue weighted by Gasteiger charge is -2.05. The van der Waals surface area contributed by atoms with Crippen molar-refractivity contribution in [1.29, 1.82) is 0 Å². The van der Waals surface area contributed by atoms with E-state index in [1.807, 2.05) is 0 Å². The first-order valence-corrected chi connectivity index (χ1v) is 12.5. The van der Waals surface area contributed by atoms with E-state index in [9.17, 15) is 17.6 Å². The van der Waals surface area contributed by atoms with Crippen LogP contribution in [0.15, 0.2) is 92.2 Å². The number of rotatable bonds is 7. The molecule has 3 aromatic carbocycles. The number of hydrogen-bond donors (Lipinski definition) is 1. The van der Waals surface area contributed by atoms with Gasteiger partial charge in [0.1, 0.15) is 5.82 Å². The molecule has 10 heteroatoms. The monoisotopic (exact) mass is 531 g/mol. The lowest BCUT2D eigenvalue weighted by molar-refractivity contribution is 0.102. The third kappa shape index (κ3) is 4.98. The molecule has 0 bridgehead atoms. The van der Waals surface area contributed by atoms with Gasteiger partial charge >= 0.3 is 0 Å². The zero-order chi connectivity index (χ0) is 22.7. The normalized spacial score (nSPS) is 11.4. The number of aromatic amines is 1. The summed E-state index contributed by atoms with van der Waals surface area (Å²) in [6.07, 6.45) is 0. The van der Waals surface area contributed by atoms with Crippen LogP contribution in [0.3, 0.4) is 0 Å². The Kier molecular flexibility index (Phi) is 6.54. The second-order valence-electron chi connectivity index (χ2n) is 6.67. The van der Waals surface area contributed by atoms with Crippen molar-refractivity contribution in [2.75, 3.05) is 5.75 Å². The van der Waals surface area contributed by atoms with Crippen molar-refractivity contribution in [2.24, 2.45) is 0 Å². The molecule has 0 fully saturated rings. The molecule has 0 atom stereocenters. The lowest BCUT2D eigenvalue weighted by atomic mass is 10.1. The van der Waals surface area contributed by atoms with Gasteiger partial charge in [-0.05, 0) is 72.8 Å². The Morgan fingerprint density at radius 3 is 2.16 bits per heavy atom. The van der Waals surface area contributed by atoms with Crippen molar-refractivity contribution in [1.82, 2.24) is 15.2 Å². The Hall–Kier alpha value is -2.82. The van der Waals surface area contributed by atoms with Gasteiger partial charge in [0.05, 0.1) is 15.5 Å². The predicted molar refractivity (Wildman–Crippen MR) is 123 cm³/mol. The van der Waals surface area contributed by atoms with E-state index in [0.29, 0.717) is 22.1 Å². The van der Waals surface area contributed by atoms with E-state index in [0.717, 1.165) is 16.2 Å². The van der Waals surface area contributed by atoms with E-state index in [4.69, 9.17) is 0 Å². The molecule has 0 aliphatic carbocycles. The fourth-order valence-electron chi connectivity index (χ4n) is 2.83. The second kappa shape index (κ2) is 9.35. The Balaban J connectivity index is 1.44. The van der Waals surface area contributed by atoms with Crippen molar-refractivity contribution in [3.05, 3.63) is 88.6 Å². The molecule has 1 heterocycles. The molecular formula is C22H15BrFN3O3S2. The van der Waals surface area contributed by atoms with E-state index in [2.05, 4.69) is 31.1 Å². The summed E-state index contributed by atoms with van der Waals surface area (Å²) in [5, 5.41) is 7.26. The molecule has 162 valence electrons. The zero-order valence-electron chi connectivity index (χ0n) is 16.3. The first-order valence-electron chi connectivity index (χ1n) is 9.28. The number of H-pyrrole nitrogens is 1. The van der Waals surface area contributed by atoms with Gasteiger partial charge in [0.2, 0.25) is 15.0 Å². The van der Waals surface area contributed by atoms with Crippen LogP contribution in [0.1, 0.15) is 10.4 Å². The van der Waals surface area contributed by atoms with Gasteiger partial charge in [0, 0.05) is 15.6 Å². The molecule has 0 aliphatic heterocycles. The number of thioether (sulfide) groups is 1. The number of halogens is 2. The van der Waals surface area contributed by atoms with Gasteiger partial charge in [-0.1, -0.05) is 27.7 Å². The molecule has 1 N–H and O–H groups in total. The summed E-state index contributed by atoms with van der Waals surface area (Å²) < 4.78 is 39.3. The molecular weight excluding hydrogens is 517 g/mol. The van der Waals surface area contributed by atoms with Crippen LogP contribution < -0.4 is 0 Å². The van der Waals surface area contributed by atoms with Crippen molar-refractivity contribution >= 4 is 43.3 Å². The minimum atomic E-state index is -3.63. The Labute approximate surface area is 196 Å². The number of nitrogens with zero attached hydrogens (tertiary/aromatic N) is 2. The van der Waals surface area contributed by atoms with Gasteiger partial charge in [-0.15, -0.1) is 5.10 Å². The second-order valence-corrected chi connectivity index (χ2v) is 10.5. The van der Waals surface area contributed by atoms with Crippen LogP contribution in [0.25, 0.3) is 11.4 Å². The Bertz CT molecular complexity index is 1360. The zero-order valence-corrected chi connectivity index (χ0v) is 19.5. The van der Waals surface area contributed by atoms with Crippen LogP contribution in [0, 0.1) is 5.82 Å². The average Bonchev–Trinajstić information content (AvgIpc) is 3.27. The molecule has 0 saturated heterocycles. The summed E-state index contributed by atoms with van der Waals surface area (Å²) in [5.41, 5.74) is 1.07. The van der Waals surface area contributed by atoms with Crippen LogP contribution >= 0.6 is 27.7 Å². The standard InChI is InChI=1S/C22H15BrFN3O3S2/c23-16-5-11-19(12-6-16)32(29,30)18-9-3-15(4-10-18)21-25-22(27-26-21)31-13-20(28)14-1-7-17(24)8-2-14/h1-12H,13H2,(H,25,26,27). The third-order valence-corrected chi connectivity index (χ3v) is 7.69. The number of carbonyl (C=O) groups is 1.